The summed E-state index contributed by atoms with van der Waals surface area (Å²) >= 11 is 5.90. The van der Waals surface area contributed by atoms with Gasteiger partial charge in [-0.3, -0.25) is 4.90 Å². The van der Waals surface area contributed by atoms with Crippen molar-refractivity contribution in [1.29, 1.82) is 0 Å². The van der Waals surface area contributed by atoms with Gasteiger partial charge in [-0.2, -0.15) is 0 Å². The fourth-order valence-corrected chi connectivity index (χ4v) is 2.72. The molecule has 0 spiro atoms. The van der Waals surface area contributed by atoms with Crippen LogP contribution in [0, 0.1) is 0 Å². The monoisotopic (exact) mass is 291 g/mol. The molecule has 0 atom stereocenters. The van der Waals surface area contributed by atoms with E-state index in [-0.39, 0.29) is 0 Å². The van der Waals surface area contributed by atoms with Gasteiger partial charge in [0.25, 0.3) is 0 Å². The number of H-pyrrole nitrogens is 1. The lowest BCUT2D eigenvalue weighted by molar-refractivity contribution is 0.249. The molecule has 4 nitrogen and oxygen atoms in total. The zero-order valence-electron chi connectivity index (χ0n) is 11.2. The molecule has 2 aromatic rings. The van der Waals surface area contributed by atoms with Crippen molar-refractivity contribution in [3.63, 3.8) is 0 Å². The maximum atomic E-state index is 9.73. The van der Waals surface area contributed by atoms with Crippen LogP contribution in [0.1, 0.15) is 5.56 Å². The van der Waals surface area contributed by atoms with Crippen LogP contribution in [0.25, 0.3) is 0 Å². The van der Waals surface area contributed by atoms with Crippen molar-refractivity contribution in [3.8, 4) is 5.75 Å². The molecule has 3 rings (SSSR count). The number of benzene rings is 1. The van der Waals surface area contributed by atoms with Crippen LogP contribution in [-0.2, 0) is 6.54 Å². The van der Waals surface area contributed by atoms with Crippen molar-refractivity contribution < 1.29 is 5.11 Å². The van der Waals surface area contributed by atoms with Crippen molar-refractivity contribution in [1.82, 2.24) is 9.88 Å². The second-order valence-electron chi connectivity index (χ2n) is 5.12. The number of nitrogens with one attached hydrogen (secondary N) is 1. The number of aromatic hydroxyl groups is 1. The van der Waals surface area contributed by atoms with Gasteiger partial charge in [0.1, 0.15) is 0 Å². The van der Waals surface area contributed by atoms with Gasteiger partial charge in [0, 0.05) is 50.1 Å². The Kier molecular flexibility index (Phi) is 3.85. The minimum absolute atomic E-state index is 0.330. The van der Waals surface area contributed by atoms with E-state index in [2.05, 4.69) is 26.9 Å². The summed E-state index contributed by atoms with van der Waals surface area (Å²) in [6, 6.07) is 8.02. The number of aromatic nitrogens is 1. The second-order valence-corrected chi connectivity index (χ2v) is 5.55. The summed E-state index contributed by atoms with van der Waals surface area (Å²) in [7, 11) is 0. The summed E-state index contributed by atoms with van der Waals surface area (Å²) in [6.45, 7) is 4.79. The first-order valence-electron chi connectivity index (χ1n) is 6.80. The van der Waals surface area contributed by atoms with E-state index in [0.717, 1.165) is 43.4 Å². The molecular formula is C15H18ClN3O. The van der Waals surface area contributed by atoms with Crippen LogP contribution in [0.5, 0.6) is 5.75 Å². The fraction of sp³-hybridized carbons (Fsp3) is 0.333. The van der Waals surface area contributed by atoms with Gasteiger partial charge in [-0.1, -0.05) is 23.7 Å². The van der Waals surface area contributed by atoms with Crippen LogP contribution in [0.4, 0.5) is 5.69 Å². The van der Waals surface area contributed by atoms with Gasteiger partial charge >= 0.3 is 0 Å². The van der Waals surface area contributed by atoms with Gasteiger partial charge in [-0.25, -0.2) is 0 Å². The number of nitrogens with zero attached hydrogens (tertiary/aromatic N) is 2. The number of rotatable bonds is 3. The third-order valence-corrected chi connectivity index (χ3v) is 3.99. The van der Waals surface area contributed by atoms with Crippen LogP contribution in [0.15, 0.2) is 36.7 Å². The molecule has 1 aromatic carbocycles. The lowest BCUT2D eigenvalue weighted by Gasteiger charge is -2.35. The topological polar surface area (TPSA) is 42.5 Å². The molecule has 0 bridgehead atoms. The zero-order chi connectivity index (χ0) is 13.9. The van der Waals surface area contributed by atoms with Gasteiger partial charge in [-0.15, -0.1) is 0 Å². The lowest BCUT2D eigenvalue weighted by Crippen LogP contribution is -2.45. The number of anilines is 1. The molecule has 0 amide bonds. The van der Waals surface area contributed by atoms with Crippen molar-refractivity contribution in [2.45, 2.75) is 6.54 Å². The fourth-order valence-electron chi connectivity index (χ4n) is 2.60. The first-order valence-corrected chi connectivity index (χ1v) is 7.17. The average Bonchev–Trinajstić information content (AvgIpc) is 2.89. The molecule has 2 heterocycles. The summed E-state index contributed by atoms with van der Waals surface area (Å²) in [5, 5.41) is 10.5. The molecule has 0 saturated carbocycles. The maximum Gasteiger partial charge on any atom is 0.156 e. The molecule has 1 aliphatic rings. The Morgan fingerprint density at radius 3 is 2.35 bits per heavy atom. The highest BCUT2D eigenvalue weighted by atomic mass is 35.5. The molecule has 1 fully saturated rings. The van der Waals surface area contributed by atoms with E-state index >= 15 is 0 Å². The van der Waals surface area contributed by atoms with Gasteiger partial charge in [0.05, 0.1) is 5.69 Å². The number of piperazine rings is 1. The lowest BCUT2D eigenvalue weighted by atomic mass is 10.2. The van der Waals surface area contributed by atoms with E-state index in [9.17, 15) is 5.11 Å². The smallest absolute Gasteiger partial charge is 0.156 e. The predicted molar refractivity (Wildman–Crippen MR) is 81.4 cm³/mol. The first-order chi connectivity index (χ1) is 9.72. The summed E-state index contributed by atoms with van der Waals surface area (Å²) in [5.41, 5.74) is 2.18. The van der Waals surface area contributed by atoms with E-state index < -0.39 is 0 Å². The minimum atomic E-state index is 0.330. The number of aromatic amines is 1. The Morgan fingerprint density at radius 2 is 1.75 bits per heavy atom. The molecule has 5 heteroatoms. The Balaban J connectivity index is 1.56. The molecular weight excluding hydrogens is 274 g/mol. The molecule has 20 heavy (non-hydrogen) atoms. The van der Waals surface area contributed by atoms with Crippen LogP contribution in [0.3, 0.4) is 0 Å². The summed E-state index contributed by atoms with van der Waals surface area (Å²) in [5.74, 6) is 0.330. The quantitative estimate of drug-likeness (QED) is 0.914. The van der Waals surface area contributed by atoms with E-state index in [1.807, 2.05) is 18.3 Å². The first kappa shape index (κ1) is 13.3. The Labute approximate surface area is 123 Å². The van der Waals surface area contributed by atoms with E-state index in [1.54, 1.807) is 6.20 Å². The minimum Gasteiger partial charge on any atom is -0.504 e. The van der Waals surface area contributed by atoms with Gasteiger partial charge in [0.2, 0.25) is 0 Å². The molecule has 0 unspecified atom stereocenters. The third kappa shape index (κ3) is 2.92. The average molecular weight is 292 g/mol. The predicted octanol–water partition coefficient (Wildman–Crippen LogP) is 2.70. The molecule has 1 saturated heterocycles. The van der Waals surface area contributed by atoms with Gasteiger partial charge in [-0.05, 0) is 17.7 Å². The SMILES string of the molecule is Oc1c[nH]cc1N1CCN(Cc2ccc(Cl)cc2)CC1. The Hall–Kier alpha value is -1.65. The number of hydrogen-bond donors (Lipinski definition) is 2. The second kappa shape index (κ2) is 5.77. The van der Waals surface area contributed by atoms with Crippen molar-refractivity contribution >= 4 is 17.3 Å². The van der Waals surface area contributed by atoms with Crippen molar-refractivity contribution in [2.75, 3.05) is 31.1 Å². The van der Waals surface area contributed by atoms with Crippen molar-refractivity contribution in [3.05, 3.63) is 47.2 Å². The Morgan fingerprint density at radius 1 is 1.05 bits per heavy atom. The van der Waals surface area contributed by atoms with Crippen molar-refractivity contribution in [2.24, 2.45) is 0 Å². The molecule has 1 aliphatic heterocycles. The highest BCUT2D eigenvalue weighted by Gasteiger charge is 2.19. The normalized spacial score (nSPS) is 16.6. The van der Waals surface area contributed by atoms with Crippen LogP contribution in [-0.4, -0.2) is 41.2 Å². The zero-order valence-corrected chi connectivity index (χ0v) is 12.0. The molecule has 0 aliphatic carbocycles. The molecule has 2 N–H and O–H groups in total. The standard InChI is InChI=1S/C15H18ClN3O/c16-13-3-1-12(2-4-13)11-18-5-7-19(8-6-18)14-9-17-10-15(14)20/h1-4,9-10,17,20H,5-8,11H2. The van der Waals surface area contributed by atoms with Gasteiger partial charge in [0.15, 0.2) is 5.75 Å². The molecule has 106 valence electrons. The highest BCUT2D eigenvalue weighted by molar-refractivity contribution is 6.30. The van der Waals surface area contributed by atoms with E-state index in [0.29, 0.717) is 5.75 Å². The van der Waals surface area contributed by atoms with Crippen LogP contribution < -0.4 is 4.90 Å². The highest BCUT2D eigenvalue weighted by Crippen LogP contribution is 2.27. The largest absolute Gasteiger partial charge is 0.504 e. The summed E-state index contributed by atoms with van der Waals surface area (Å²) in [4.78, 5) is 7.57. The Bertz CT molecular complexity index is 559. The molecule has 0 radical (unpaired) electrons. The van der Waals surface area contributed by atoms with E-state index in [4.69, 9.17) is 11.6 Å². The maximum absolute atomic E-state index is 9.73. The number of hydrogen-bond acceptors (Lipinski definition) is 3. The molecule has 1 aromatic heterocycles. The van der Waals surface area contributed by atoms with Crippen LogP contribution in [0.2, 0.25) is 5.02 Å². The summed E-state index contributed by atoms with van der Waals surface area (Å²) in [6.07, 6.45) is 3.47. The van der Waals surface area contributed by atoms with Gasteiger partial charge < -0.3 is 15.0 Å². The summed E-state index contributed by atoms with van der Waals surface area (Å²) < 4.78 is 0. The number of halogens is 1. The van der Waals surface area contributed by atoms with Crippen LogP contribution >= 0.6 is 11.6 Å². The van der Waals surface area contributed by atoms with E-state index in [1.165, 1.54) is 5.56 Å². The third-order valence-electron chi connectivity index (χ3n) is 3.73.